The largest absolute Gasteiger partial charge is 0.354 e. The Morgan fingerprint density at radius 3 is 2.59 bits per heavy atom. The van der Waals surface area contributed by atoms with Gasteiger partial charge in [-0.2, -0.15) is 5.10 Å². The van der Waals surface area contributed by atoms with Gasteiger partial charge in [0.15, 0.2) is 6.29 Å². The van der Waals surface area contributed by atoms with Crippen molar-refractivity contribution >= 4 is 0 Å². The Hall–Kier alpha value is -0.910. The van der Waals surface area contributed by atoms with Crippen LogP contribution in [0.2, 0.25) is 0 Å². The fraction of sp³-hybridized carbons (Fsp3) is 0.750. The van der Waals surface area contributed by atoms with Crippen LogP contribution < -0.4 is 5.32 Å². The number of hydrogen-bond donors (Lipinski definition) is 1. The summed E-state index contributed by atoms with van der Waals surface area (Å²) in [6.45, 7) is 4.93. The predicted octanol–water partition coefficient (Wildman–Crippen LogP) is 1.08. The molecule has 1 aromatic rings. The summed E-state index contributed by atoms with van der Waals surface area (Å²) in [7, 11) is 5.24. The molecule has 1 atom stereocenters. The average Bonchev–Trinajstić information content (AvgIpc) is 2.68. The molecular formula is C12H23N3O2. The third-order valence-corrected chi connectivity index (χ3v) is 2.81. The van der Waals surface area contributed by atoms with E-state index in [0.717, 1.165) is 18.7 Å². The van der Waals surface area contributed by atoms with E-state index in [-0.39, 0.29) is 12.3 Å². The van der Waals surface area contributed by atoms with Crippen LogP contribution in [0.5, 0.6) is 0 Å². The molecule has 17 heavy (non-hydrogen) atoms. The molecule has 0 amide bonds. The standard InChI is InChI=1S/C12H23N3O2/c1-6-11-10(8-15(3)14-11)7-13-9(2)12(16-4)17-5/h8-9,12-13H,6-7H2,1-5H3. The van der Waals surface area contributed by atoms with Crippen molar-refractivity contribution in [2.45, 2.75) is 39.1 Å². The van der Waals surface area contributed by atoms with E-state index in [9.17, 15) is 0 Å². The Kier molecular flexibility index (Phi) is 5.61. The second kappa shape index (κ2) is 6.74. The molecule has 0 spiro atoms. The van der Waals surface area contributed by atoms with Gasteiger partial charge >= 0.3 is 0 Å². The van der Waals surface area contributed by atoms with Gasteiger partial charge in [0.1, 0.15) is 0 Å². The molecule has 0 aliphatic carbocycles. The van der Waals surface area contributed by atoms with Gasteiger partial charge in [-0.15, -0.1) is 0 Å². The molecule has 98 valence electrons. The van der Waals surface area contributed by atoms with Crippen LogP contribution in [0.4, 0.5) is 0 Å². The first kappa shape index (κ1) is 14.2. The van der Waals surface area contributed by atoms with E-state index in [1.165, 1.54) is 5.56 Å². The van der Waals surface area contributed by atoms with Crippen LogP contribution in [0.15, 0.2) is 6.20 Å². The average molecular weight is 241 g/mol. The van der Waals surface area contributed by atoms with Gasteiger partial charge in [-0.3, -0.25) is 4.68 Å². The zero-order valence-electron chi connectivity index (χ0n) is 11.4. The van der Waals surface area contributed by atoms with Gasteiger partial charge in [-0.1, -0.05) is 6.92 Å². The third-order valence-electron chi connectivity index (χ3n) is 2.81. The topological polar surface area (TPSA) is 48.3 Å². The van der Waals surface area contributed by atoms with Crippen molar-refractivity contribution < 1.29 is 9.47 Å². The van der Waals surface area contributed by atoms with Crippen molar-refractivity contribution in [3.63, 3.8) is 0 Å². The molecule has 0 aliphatic rings. The molecule has 0 aliphatic heterocycles. The number of ether oxygens (including phenoxy) is 2. The van der Waals surface area contributed by atoms with E-state index in [1.54, 1.807) is 14.2 Å². The van der Waals surface area contributed by atoms with Gasteiger partial charge in [0.05, 0.1) is 11.7 Å². The molecule has 1 rings (SSSR count). The summed E-state index contributed by atoms with van der Waals surface area (Å²) >= 11 is 0. The van der Waals surface area contributed by atoms with Crippen molar-refractivity contribution in [3.8, 4) is 0 Å². The van der Waals surface area contributed by atoms with Gasteiger partial charge < -0.3 is 14.8 Å². The number of nitrogens with zero attached hydrogens (tertiary/aromatic N) is 2. The molecule has 0 aromatic carbocycles. The van der Waals surface area contributed by atoms with E-state index >= 15 is 0 Å². The number of rotatable bonds is 7. The minimum Gasteiger partial charge on any atom is -0.354 e. The molecule has 0 radical (unpaired) electrons. The van der Waals surface area contributed by atoms with Gasteiger partial charge in [-0.05, 0) is 13.3 Å². The van der Waals surface area contributed by atoms with Gasteiger partial charge in [0, 0.05) is 39.6 Å². The number of aryl methyl sites for hydroxylation is 2. The fourth-order valence-corrected chi connectivity index (χ4v) is 1.90. The van der Waals surface area contributed by atoms with Crippen molar-refractivity contribution in [3.05, 3.63) is 17.5 Å². The van der Waals surface area contributed by atoms with E-state index in [4.69, 9.17) is 9.47 Å². The first-order valence-corrected chi connectivity index (χ1v) is 5.92. The molecule has 1 unspecified atom stereocenters. The van der Waals surface area contributed by atoms with Crippen LogP contribution in [-0.4, -0.2) is 36.3 Å². The quantitative estimate of drug-likeness (QED) is 0.726. The molecular weight excluding hydrogens is 218 g/mol. The summed E-state index contributed by atoms with van der Waals surface area (Å²) < 4.78 is 12.3. The fourth-order valence-electron chi connectivity index (χ4n) is 1.90. The zero-order valence-corrected chi connectivity index (χ0v) is 11.4. The maximum absolute atomic E-state index is 5.21. The van der Waals surface area contributed by atoms with E-state index in [0.29, 0.717) is 0 Å². The van der Waals surface area contributed by atoms with Crippen molar-refractivity contribution in [2.75, 3.05) is 14.2 Å². The summed E-state index contributed by atoms with van der Waals surface area (Å²) in [6.07, 6.45) is 2.77. The molecule has 0 saturated carbocycles. The van der Waals surface area contributed by atoms with Crippen molar-refractivity contribution in [1.82, 2.24) is 15.1 Å². The van der Waals surface area contributed by atoms with Crippen LogP contribution in [0.3, 0.4) is 0 Å². The maximum atomic E-state index is 5.21. The first-order valence-electron chi connectivity index (χ1n) is 5.92. The van der Waals surface area contributed by atoms with Gasteiger partial charge in [-0.25, -0.2) is 0 Å². The van der Waals surface area contributed by atoms with Crippen LogP contribution in [-0.2, 0) is 29.5 Å². The zero-order chi connectivity index (χ0) is 12.8. The normalized spacial score (nSPS) is 13.3. The Morgan fingerprint density at radius 2 is 2.06 bits per heavy atom. The summed E-state index contributed by atoms with van der Waals surface area (Å²) in [6, 6.07) is 0.134. The van der Waals surface area contributed by atoms with E-state index in [1.807, 2.05) is 24.9 Å². The highest BCUT2D eigenvalue weighted by atomic mass is 16.7. The minimum absolute atomic E-state index is 0.134. The van der Waals surface area contributed by atoms with Crippen LogP contribution in [0.1, 0.15) is 25.1 Å². The number of nitrogens with one attached hydrogen (secondary N) is 1. The summed E-state index contributed by atoms with van der Waals surface area (Å²) in [5, 5.41) is 7.79. The number of aromatic nitrogens is 2. The molecule has 5 nitrogen and oxygen atoms in total. The molecule has 1 N–H and O–H groups in total. The number of methoxy groups -OCH3 is 2. The molecule has 1 aromatic heterocycles. The lowest BCUT2D eigenvalue weighted by Crippen LogP contribution is -2.39. The van der Waals surface area contributed by atoms with Crippen LogP contribution >= 0.6 is 0 Å². The molecule has 0 fully saturated rings. The second-order valence-electron chi connectivity index (χ2n) is 4.14. The maximum Gasteiger partial charge on any atom is 0.171 e. The summed E-state index contributed by atoms with van der Waals surface area (Å²) in [5.41, 5.74) is 2.37. The Balaban J connectivity index is 2.54. The lowest BCUT2D eigenvalue weighted by Gasteiger charge is -2.22. The SMILES string of the molecule is CCc1nn(C)cc1CNC(C)C(OC)OC. The molecule has 0 saturated heterocycles. The Bertz CT molecular complexity index is 334. The lowest BCUT2D eigenvalue weighted by molar-refractivity contribution is -0.119. The molecule has 5 heteroatoms. The highest BCUT2D eigenvalue weighted by Gasteiger charge is 2.16. The Labute approximate surface area is 103 Å². The predicted molar refractivity (Wildman–Crippen MR) is 66.7 cm³/mol. The third kappa shape index (κ3) is 3.80. The van der Waals surface area contributed by atoms with Gasteiger partial charge in [0.2, 0.25) is 0 Å². The van der Waals surface area contributed by atoms with E-state index in [2.05, 4.69) is 17.3 Å². The van der Waals surface area contributed by atoms with Crippen molar-refractivity contribution in [2.24, 2.45) is 7.05 Å². The molecule has 1 heterocycles. The lowest BCUT2D eigenvalue weighted by atomic mass is 10.2. The second-order valence-corrected chi connectivity index (χ2v) is 4.14. The monoisotopic (exact) mass is 241 g/mol. The summed E-state index contributed by atoms with van der Waals surface area (Å²) in [5.74, 6) is 0. The smallest absolute Gasteiger partial charge is 0.171 e. The highest BCUT2D eigenvalue weighted by molar-refractivity contribution is 5.16. The van der Waals surface area contributed by atoms with E-state index < -0.39 is 0 Å². The Morgan fingerprint density at radius 1 is 1.41 bits per heavy atom. The highest BCUT2D eigenvalue weighted by Crippen LogP contribution is 2.08. The first-order chi connectivity index (χ1) is 8.12. The van der Waals surface area contributed by atoms with Crippen LogP contribution in [0, 0.1) is 0 Å². The summed E-state index contributed by atoms with van der Waals surface area (Å²) in [4.78, 5) is 0. The minimum atomic E-state index is -0.225. The van der Waals surface area contributed by atoms with Crippen molar-refractivity contribution in [1.29, 1.82) is 0 Å². The van der Waals surface area contributed by atoms with Crippen LogP contribution in [0.25, 0.3) is 0 Å². The number of hydrogen-bond acceptors (Lipinski definition) is 4. The van der Waals surface area contributed by atoms with Gasteiger partial charge in [0.25, 0.3) is 0 Å². The molecule has 0 bridgehead atoms.